The van der Waals surface area contributed by atoms with Crippen LogP contribution in [0.2, 0.25) is 0 Å². The maximum absolute atomic E-state index is 9.18. The molecule has 2 aromatic rings. The zero-order chi connectivity index (χ0) is 13.8. The number of rotatable bonds is 2. The van der Waals surface area contributed by atoms with Crippen molar-refractivity contribution in [3.63, 3.8) is 0 Å². The van der Waals surface area contributed by atoms with Gasteiger partial charge in [-0.1, -0.05) is 18.2 Å². The number of morpholine rings is 1. The molecular weight excluding hydrogens is 252 g/mol. The summed E-state index contributed by atoms with van der Waals surface area (Å²) in [6.07, 6.45) is 1.55. The van der Waals surface area contributed by atoms with Crippen molar-refractivity contribution in [2.75, 3.05) is 31.2 Å². The van der Waals surface area contributed by atoms with E-state index < -0.39 is 0 Å². The maximum Gasteiger partial charge on any atom is 0.132 e. The smallest absolute Gasteiger partial charge is 0.132 e. The van der Waals surface area contributed by atoms with Gasteiger partial charge in [0.1, 0.15) is 12.1 Å². The molecule has 0 spiro atoms. The molecule has 5 nitrogen and oxygen atoms in total. The Hall–Kier alpha value is -2.45. The van der Waals surface area contributed by atoms with Gasteiger partial charge in [-0.2, -0.15) is 5.26 Å². The largest absolute Gasteiger partial charge is 0.378 e. The topological polar surface area (TPSA) is 62.0 Å². The molecule has 0 radical (unpaired) electrons. The van der Waals surface area contributed by atoms with E-state index in [1.165, 1.54) is 0 Å². The van der Waals surface area contributed by atoms with Crippen molar-refractivity contribution >= 4 is 5.82 Å². The molecule has 0 saturated carbocycles. The van der Waals surface area contributed by atoms with E-state index in [1.54, 1.807) is 12.4 Å². The SMILES string of the molecule is N#Cc1ccccc1-c1cc(N2CCOCC2)ncn1. The third kappa shape index (κ3) is 2.46. The number of aromatic nitrogens is 2. The Morgan fingerprint density at radius 3 is 2.75 bits per heavy atom. The van der Waals surface area contributed by atoms with Crippen molar-refractivity contribution in [2.24, 2.45) is 0 Å². The number of anilines is 1. The van der Waals surface area contributed by atoms with Crippen molar-refractivity contribution < 1.29 is 4.74 Å². The summed E-state index contributed by atoms with van der Waals surface area (Å²) < 4.78 is 5.34. The van der Waals surface area contributed by atoms with Crippen LogP contribution in [-0.4, -0.2) is 36.3 Å². The molecule has 5 heteroatoms. The summed E-state index contributed by atoms with van der Waals surface area (Å²) in [5.41, 5.74) is 2.24. The second-order valence-electron chi connectivity index (χ2n) is 4.52. The highest BCUT2D eigenvalue weighted by molar-refractivity contribution is 5.69. The predicted octanol–water partition coefficient (Wildman–Crippen LogP) is 1.85. The van der Waals surface area contributed by atoms with Gasteiger partial charge in [-0.15, -0.1) is 0 Å². The summed E-state index contributed by atoms with van der Waals surface area (Å²) in [6.45, 7) is 3.09. The van der Waals surface area contributed by atoms with Crippen molar-refractivity contribution in [3.05, 3.63) is 42.2 Å². The second-order valence-corrected chi connectivity index (χ2v) is 4.52. The quantitative estimate of drug-likeness (QED) is 0.830. The van der Waals surface area contributed by atoms with Gasteiger partial charge in [0.05, 0.1) is 30.5 Å². The summed E-state index contributed by atoms with van der Waals surface area (Å²) in [7, 11) is 0. The third-order valence-corrected chi connectivity index (χ3v) is 3.31. The lowest BCUT2D eigenvalue weighted by Crippen LogP contribution is -2.36. The minimum atomic E-state index is 0.624. The second kappa shape index (κ2) is 5.68. The van der Waals surface area contributed by atoms with Crippen LogP contribution < -0.4 is 4.90 Å². The molecule has 1 aromatic heterocycles. The molecule has 20 heavy (non-hydrogen) atoms. The zero-order valence-electron chi connectivity index (χ0n) is 11.0. The van der Waals surface area contributed by atoms with Crippen LogP contribution in [0.1, 0.15) is 5.56 Å². The Morgan fingerprint density at radius 1 is 1.15 bits per heavy atom. The summed E-state index contributed by atoms with van der Waals surface area (Å²) in [5, 5.41) is 9.18. The monoisotopic (exact) mass is 266 g/mol. The van der Waals surface area contributed by atoms with E-state index >= 15 is 0 Å². The normalized spacial score (nSPS) is 14.8. The van der Waals surface area contributed by atoms with Crippen molar-refractivity contribution in [3.8, 4) is 17.3 Å². The number of nitrogens with zero attached hydrogens (tertiary/aromatic N) is 4. The molecule has 1 aromatic carbocycles. The average molecular weight is 266 g/mol. The summed E-state index contributed by atoms with van der Waals surface area (Å²) in [5.74, 6) is 0.881. The fourth-order valence-corrected chi connectivity index (χ4v) is 2.26. The van der Waals surface area contributed by atoms with Crippen LogP contribution in [0.5, 0.6) is 0 Å². The Morgan fingerprint density at radius 2 is 1.95 bits per heavy atom. The fraction of sp³-hybridized carbons (Fsp3) is 0.267. The lowest BCUT2D eigenvalue weighted by Gasteiger charge is -2.27. The van der Waals surface area contributed by atoms with E-state index in [0.717, 1.165) is 30.2 Å². The molecule has 1 saturated heterocycles. The molecule has 100 valence electrons. The van der Waals surface area contributed by atoms with Crippen LogP contribution in [0, 0.1) is 11.3 Å². The lowest BCUT2D eigenvalue weighted by molar-refractivity contribution is 0.122. The van der Waals surface area contributed by atoms with Crippen LogP contribution in [0.15, 0.2) is 36.7 Å². The summed E-state index contributed by atoms with van der Waals surface area (Å²) in [6, 6.07) is 11.6. The van der Waals surface area contributed by atoms with E-state index in [1.807, 2.05) is 24.3 Å². The molecular formula is C15H14N4O. The van der Waals surface area contributed by atoms with Gasteiger partial charge in [0.25, 0.3) is 0 Å². The predicted molar refractivity (Wildman–Crippen MR) is 75.2 cm³/mol. The van der Waals surface area contributed by atoms with E-state index in [9.17, 15) is 5.26 Å². The molecule has 0 N–H and O–H groups in total. The maximum atomic E-state index is 9.18. The molecule has 1 aliphatic rings. The van der Waals surface area contributed by atoms with Crippen LogP contribution >= 0.6 is 0 Å². The standard InChI is InChI=1S/C15H14N4O/c16-10-12-3-1-2-4-13(12)14-9-15(18-11-17-14)19-5-7-20-8-6-19/h1-4,9,11H,5-8H2. The van der Waals surface area contributed by atoms with Gasteiger partial charge < -0.3 is 9.64 Å². The van der Waals surface area contributed by atoms with Crippen LogP contribution in [0.3, 0.4) is 0 Å². The van der Waals surface area contributed by atoms with Gasteiger partial charge in [-0.3, -0.25) is 0 Å². The molecule has 0 unspecified atom stereocenters. The third-order valence-electron chi connectivity index (χ3n) is 3.31. The summed E-state index contributed by atoms with van der Waals surface area (Å²) in [4.78, 5) is 10.8. The number of ether oxygens (including phenoxy) is 1. The van der Waals surface area contributed by atoms with Gasteiger partial charge >= 0.3 is 0 Å². The van der Waals surface area contributed by atoms with Crippen molar-refractivity contribution in [2.45, 2.75) is 0 Å². The Balaban J connectivity index is 1.97. The fourth-order valence-electron chi connectivity index (χ4n) is 2.26. The Bertz CT molecular complexity index is 644. The van der Waals surface area contributed by atoms with E-state index in [4.69, 9.17) is 4.74 Å². The zero-order valence-corrected chi connectivity index (χ0v) is 11.0. The van der Waals surface area contributed by atoms with Gasteiger partial charge in [0.15, 0.2) is 0 Å². The Labute approximate surface area is 117 Å². The number of hydrogen-bond acceptors (Lipinski definition) is 5. The van der Waals surface area contributed by atoms with E-state index in [-0.39, 0.29) is 0 Å². The highest BCUT2D eigenvalue weighted by Gasteiger charge is 2.14. The van der Waals surface area contributed by atoms with Gasteiger partial charge in [0, 0.05) is 24.7 Å². The van der Waals surface area contributed by atoms with E-state index in [0.29, 0.717) is 18.8 Å². The number of benzene rings is 1. The van der Waals surface area contributed by atoms with Gasteiger partial charge in [0.2, 0.25) is 0 Å². The first-order valence-corrected chi connectivity index (χ1v) is 6.53. The first kappa shape index (κ1) is 12.6. The van der Waals surface area contributed by atoms with E-state index in [2.05, 4.69) is 20.9 Å². The molecule has 0 aliphatic carbocycles. The van der Waals surface area contributed by atoms with Gasteiger partial charge in [-0.05, 0) is 6.07 Å². The van der Waals surface area contributed by atoms with Crippen LogP contribution in [0.4, 0.5) is 5.82 Å². The summed E-state index contributed by atoms with van der Waals surface area (Å²) >= 11 is 0. The average Bonchev–Trinajstić information content (AvgIpc) is 2.56. The molecule has 0 atom stereocenters. The lowest BCUT2D eigenvalue weighted by atomic mass is 10.1. The van der Waals surface area contributed by atoms with Crippen LogP contribution in [-0.2, 0) is 4.74 Å². The molecule has 0 bridgehead atoms. The Kier molecular flexibility index (Phi) is 3.57. The first-order valence-electron chi connectivity index (χ1n) is 6.53. The highest BCUT2D eigenvalue weighted by Crippen LogP contribution is 2.24. The highest BCUT2D eigenvalue weighted by atomic mass is 16.5. The van der Waals surface area contributed by atoms with Gasteiger partial charge in [-0.25, -0.2) is 9.97 Å². The molecule has 1 aliphatic heterocycles. The molecule has 2 heterocycles. The minimum absolute atomic E-state index is 0.624. The molecule has 1 fully saturated rings. The number of nitriles is 1. The van der Waals surface area contributed by atoms with Crippen LogP contribution in [0.25, 0.3) is 11.3 Å². The first-order chi connectivity index (χ1) is 9.88. The van der Waals surface area contributed by atoms with Crippen molar-refractivity contribution in [1.29, 1.82) is 5.26 Å². The van der Waals surface area contributed by atoms with Crippen molar-refractivity contribution in [1.82, 2.24) is 9.97 Å². The number of hydrogen-bond donors (Lipinski definition) is 0. The minimum Gasteiger partial charge on any atom is -0.378 e. The molecule has 0 amide bonds. The molecule has 3 rings (SSSR count).